The van der Waals surface area contributed by atoms with Gasteiger partial charge in [-0.3, -0.25) is 0 Å². The molecule has 0 spiro atoms. The summed E-state index contributed by atoms with van der Waals surface area (Å²) in [5.74, 6) is 0. The van der Waals surface area contributed by atoms with E-state index in [-0.39, 0.29) is 0 Å². The van der Waals surface area contributed by atoms with E-state index in [4.69, 9.17) is 10.5 Å². The van der Waals surface area contributed by atoms with Crippen LogP contribution in [0.4, 0.5) is 5.69 Å². The lowest BCUT2D eigenvalue weighted by Crippen LogP contribution is -2.48. The first-order valence-electron chi connectivity index (χ1n) is 6.71. The summed E-state index contributed by atoms with van der Waals surface area (Å²) in [6, 6.07) is 7.31. The lowest BCUT2D eigenvalue weighted by Gasteiger charge is -2.31. The summed E-state index contributed by atoms with van der Waals surface area (Å²) in [6.45, 7) is 4.33. The van der Waals surface area contributed by atoms with Gasteiger partial charge in [-0.05, 0) is 17.7 Å². The van der Waals surface area contributed by atoms with Gasteiger partial charge in [-0.2, -0.15) is 17.0 Å². The fourth-order valence-corrected chi connectivity index (χ4v) is 3.77. The van der Waals surface area contributed by atoms with E-state index in [1.54, 1.807) is 12.1 Å². The monoisotopic (exact) mass is 299 g/mol. The van der Waals surface area contributed by atoms with E-state index in [2.05, 4.69) is 0 Å². The molecule has 6 nitrogen and oxygen atoms in total. The molecule has 1 aromatic rings. The Morgan fingerprint density at radius 1 is 1.35 bits per heavy atom. The van der Waals surface area contributed by atoms with Gasteiger partial charge in [-0.15, -0.1) is 0 Å². The van der Waals surface area contributed by atoms with Crippen LogP contribution in [0.2, 0.25) is 0 Å². The van der Waals surface area contributed by atoms with Gasteiger partial charge in [0.05, 0.1) is 13.2 Å². The molecule has 2 rings (SSSR count). The van der Waals surface area contributed by atoms with Crippen LogP contribution in [0.1, 0.15) is 12.5 Å². The minimum atomic E-state index is -3.44. The second-order valence-electron chi connectivity index (χ2n) is 4.69. The van der Waals surface area contributed by atoms with Crippen molar-refractivity contribution in [2.75, 3.05) is 38.6 Å². The van der Waals surface area contributed by atoms with E-state index >= 15 is 0 Å². The highest BCUT2D eigenvalue weighted by atomic mass is 32.2. The molecule has 0 aliphatic carbocycles. The molecule has 1 aliphatic rings. The molecule has 0 bridgehead atoms. The van der Waals surface area contributed by atoms with Gasteiger partial charge in [0.2, 0.25) is 0 Å². The first-order valence-corrected chi connectivity index (χ1v) is 8.11. The standard InChI is InChI=1S/C13H21N3O3S/c1-2-15(11-12-4-3-5-13(14)10-12)20(17,18)16-6-8-19-9-7-16/h3-5,10H,2,6-9,11,14H2,1H3. The highest BCUT2D eigenvalue weighted by molar-refractivity contribution is 7.86. The number of nitrogens with two attached hydrogens (primary N) is 1. The van der Waals surface area contributed by atoms with Crippen LogP contribution in [0.5, 0.6) is 0 Å². The summed E-state index contributed by atoms with van der Waals surface area (Å²) in [4.78, 5) is 0. The van der Waals surface area contributed by atoms with Gasteiger partial charge in [-0.25, -0.2) is 0 Å². The molecule has 1 aromatic carbocycles. The molecule has 0 radical (unpaired) electrons. The molecule has 0 saturated carbocycles. The zero-order valence-corrected chi connectivity index (χ0v) is 12.5. The number of hydrogen-bond acceptors (Lipinski definition) is 4. The van der Waals surface area contributed by atoms with E-state index < -0.39 is 10.2 Å². The molecule has 0 aromatic heterocycles. The molecule has 7 heteroatoms. The van der Waals surface area contributed by atoms with Crippen LogP contribution < -0.4 is 5.73 Å². The number of benzene rings is 1. The van der Waals surface area contributed by atoms with Gasteiger partial charge in [0.25, 0.3) is 10.2 Å². The normalized spacial score (nSPS) is 17.5. The van der Waals surface area contributed by atoms with Crippen molar-refractivity contribution < 1.29 is 13.2 Å². The molecular formula is C13H21N3O3S. The number of anilines is 1. The van der Waals surface area contributed by atoms with Gasteiger partial charge in [0.1, 0.15) is 0 Å². The Morgan fingerprint density at radius 2 is 2.05 bits per heavy atom. The highest BCUT2D eigenvalue weighted by Crippen LogP contribution is 2.16. The zero-order valence-electron chi connectivity index (χ0n) is 11.7. The van der Waals surface area contributed by atoms with Gasteiger partial charge >= 0.3 is 0 Å². The predicted octanol–water partition coefficient (Wildman–Crippen LogP) is 0.668. The van der Waals surface area contributed by atoms with Crippen molar-refractivity contribution in [2.45, 2.75) is 13.5 Å². The van der Waals surface area contributed by atoms with Gasteiger partial charge in [0.15, 0.2) is 0 Å². The third-order valence-corrected chi connectivity index (χ3v) is 5.34. The Kier molecular flexibility index (Phi) is 4.98. The van der Waals surface area contributed by atoms with Gasteiger partial charge < -0.3 is 10.5 Å². The predicted molar refractivity (Wildman–Crippen MR) is 78.3 cm³/mol. The SMILES string of the molecule is CCN(Cc1cccc(N)c1)S(=O)(=O)N1CCOCC1. The van der Waals surface area contributed by atoms with Crippen LogP contribution in [0.3, 0.4) is 0 Å². The van der Waals surface area contributed by atoms with Crippen molar-refractivity contribution in [2.24, 2.45) is 0 Å². The first-order chi connectivity index (χ1) is 9.54. The second-order valence-corrected chi connectivity index (χ2v) is 6.62. The average molecular weight is 299 g/mol. The molecule has 0 unspecified atom stereocenters. The molecule has 2 N–H and O–H groups in total. The topological polar surface area (TPSA) is 75.9 Å². The summed E-state index contributed by atoms with van der Waals surface area (Å²) >= 11 is 0. The van der Waals surface area contributed by atoms with Crippen LogP contribution >= 0.6 is 0 Å². The molecular weight excluding hydrogens is 278 g/mol. The molecule has 1 fully saturated rings. The Bertz CT molecular complexity index is 542. The molecule has 112 valence electrons. The molecule has 0 atom stereocenters. The number of hydrogen-bond donors (Lipinski definition) is 1. The van der Waals surface area contributed by atoms with Crippen LogP contribution in [-0.4, -0.2) is 49.9 Å². The number of rotatable bonds is 5. The fourth-order valence-electron chi connectivity index (χ4n) is 2.19. The summed E-state index contributed by atoms with van der Waals surface area (Å²) in [5, 5.41) is 0. The zero-order chi connectivity index (χ0) is 14.6. The third-order valence-electron chi connectivity index (χ3n) is 3.29. The molecule has 1 heterocycles. The molecule has 1 aliphatic heterocycles. The molecule has 20 heavy (non-hydrogen) atoms. The van der Waals surface area contributed by atoms with Crippen molar-refractivity contribution in [3.8, 4) is 0 Å². The third kappa shape index (κ3) is 3.49. The van der Waals surface area contributed by atoms with Crippen molar-refractivity contribution in [3.63, 3.8) is 0 Å². The van der Waals surface area contributed by atoms with E-state index in [0.717, 1.165) is 5.56 Å². The molecule has 0 amide bonds. The van der Waals surface area contributed by atoms with Crippen molar-refractivity contribution in [3.05, 3.63) is 29.8 Å². The van der Waals surface area contributed by atoms with E-state index in [9.17, 15) is 8.42 Å². The minimum absolute atomic E-state index is 0.335. The Balaban J connectivity index is 2.14. The van der Waals surface area contributed by atoms with Crippen LogP contribution in [-0.2, 0) is 21.5 Å². The smallest absolute Gasteiger partial charge is 0.282 e. The Morgan fingerprint density at radius 3 is 2.65 bits per heavy atom. The minimum Gasteiger partial charge on any atom is -0.399 e. The van der Waals surface area contributed by atoms with Crippen LogP contribution in [0.25, 0.3) is 0 Å². The van der Waals surface area contributed by atoms with Gasteiger partial charge in [0, 0.05) is 31.9 Å². The van der Waals surface area contributed by atoms with E-state index in [1.807, 2.05) is 19.1 Å². The van der Waals surface area contributed by atoms with Crippen LogP contribution in [0, 0.1) is 0 Å². The van der Waals surface area contributed by atoms with E-state index in [0.29, 0.717) is 45.1 Å². The number of morpholine rings is 1. The maximum Gasteiger partial charge on any atom is 0.282 e. The number of nitrogen functional groups attached to an aromatic ring is 1. The second kappa shape index (κ2) is 6.53. The summed E-state index contributed by atoms with van der Waals surface area (Å²) in [7, 11) is -3.44. The quantitative estimate of drug-likeness (QED) is 0.811. The summed E-state index contributed by atoms with van der Waals surface area (Å²) < 4.78 is 33.3. The summed E-state index contributed by atoms with van der Waals surface area (Å²) in [6.07, 6.45) is 0. The van der Waals surface area contributed by atoms with Crippen LogP contribution in [0.15, 0.2) is 24.3 Å². The number of ether oxygens (including phenoxy) is 1. The van der Waals surface area contributed by atoms with E-state index in [1.165, 1.54) is 8.61 Å². The van der Waals surface area contributed by atoms with Crippen molar-refractivity contribution in [1.29, 1.82) is 0 Å². The van der Waals surface area contributed by atoms with Crippen molar-refractivity contribution in [1.82, 2.24) is 8.61 Å². The Labute approximate surface area is 120 Å². The lowest BCUT2D eigenvalue weighted by atomic mass is 10.2. The average Bonchev–Trinajstić information content (AvgIpc) is 2.45. The maximum atomic E-state index is 12.6. The van der Waals surface area contributed by atoms with Crippen molar-refractivity contribution >= 4 is 15.9 Å². The Hall–Kier alpha value is -1.15. The summed E-state index contributed by atoms with van der Waals surface area (Å²) in [5.41, 5.74) is 7.27. The molecule has 1 saturated heterocycles. The fraction of sp³-hybridized carbons (Fsp3) is 0.538. The largest absolute Gasteiger partial charge is 0.399 e. The highest BCUT2D eigenvalue weighted by Gasteiger charge is 2.29. The maximum absolute atomic E-state index is 12.6. The first kappa shape index (κ1) is 15.2. The number of nitrogens with zero attached hydrogens (tertiary/aromatic N) is 2. The lowest BCUT2D eigenvalue weighted by molar-refractivity contribution is 0.0701. The van der Waals surface area contributed by atoms with Gasteiger partial charge in [-0.1, -0.05) is 19.1 Å².